The molecular formula is C15H20FN3O2. The summed E-state index contributed by atoms with van der Waals surface area (Å²) >= 11 is 0. The monoisotopic (exact) mass is 293 g/mol. The van der Waals surface area contributed by atoms with Crippen LogP contribution in [0.5, 0.6) is 0 Å². The lowest BCUT2D eigenvalue weighted by Crippen LogP contribution is -2.40. The van der Waals surface area contributed by atoms with E-state index in [9.17, 15) is 14.0 Å². The van der Waals surface area contributed by atoms with E-state index in [1.807, 2.05) is 18.9 Å². The second-order valence-electron chi connectivity index (χ2n) is 5.34. The number of imide groups is 1. The van der Waals surface area contributed by atoms with Gasteiger partial charge in [0.15, 0.2) is 0 Å². The van der Waals surface area contributed by atoms with Crippen molar-refractivity contribution in [2.24, 2.45) is 0 Å². The van der Waals surface area contributed by atoms with Gasteiger partial charge in [0.1, 0.15) is 11.9 Å². The van der Waals surface area contributed by atoms with Gasteiger partial charge in [-0.15, -0.1) is 0 Å². The van der Waals surface area contributed by atoms with E-state index in [1.165, 1.54) is 17.0 Å². The van der Waals surface area contributed by atoms with Gasteiger partial charge in [0.25, 0.3) is 5.91 Å². The van der Waals surface area contributed by atoms with Gasteiger partial charge in [-0.05, 0) is 31.2 Å². The van der Waals surface area contributed by atoms with Gasteiger partial charge in [-0.25, -0.2) is 14.1 Å². The van der Waals surface area contributed by atoms with Crippen LogP contribution in [0.25, 0.3) is 0 Å². The van der Waals surface area contributed by atoms with Crippen LogP contribution in [-0.4, -0.2) is 41.5 Å². The van der Waals surface area contributed by atoms with E-state index in [1.54, 1.807) is 12.1 Å². The SMILES string of the molecule is CCC[C@@H]1NC(=O)N(CN(C)Cc2ccc(F)cc2)C1=O. The van der Waals surface area contributed by atoms with Gasteiger partial charge in [-0.3, -0.25) is 9.69 Å². The summed E-state index contributed by atoms with van der Waals surface area (Å²) in [4.78, 5) is 27.0. The predicted octanol–water partition coefficient (Wildman–Crippen LogP) is 1.94. The number of amides is 3. The van der Waals surface area contributed by atoms with Crippen molar-refractivity contribution in [3.8, 4) is 0 Å². The highest BCUT2D eigenvalue weighted by molar-refractivity contribution is 6.04. The smallest absolute Gasteiger partial charge is 0.325 e. The van der Waals surface area contributed by atoms with Crippen molar-refractivity contribution in [1.29, 1.82) is 0 Å². The molecule has 1 atom stereocenters. The van der Waals surface area contributed by atoms with Crippen molar-refractivity contribution >= 4 is 11.9 Å². The van der Waals surface area contributed by atoms with Crippen LogP contribution in [0.3, 0.4) is 0 Å². The molecule has 0 radical (unpaired) electrons. The summed E-state index contributed by atoms with van der Waals surface area (Å²) in [5.74, 6) is -0.453. The van der Waals surface area contributed by atoms with Crippen LogP contribution in [0, 0.1) is 5.82 Å². The fourth-order valence-electron chi connectivity index (χ4n) is 2.39. The largest absolute Gasteiger partial charge is 0.326 e. The lowest BCUT2D eigenvalue weighted by Gasteiger charge is -2.22. The summed E-state index contributed by atoms with van der Waals surface area (Å²) in [6.07, 6.45) is 1.50. The first-order valence-corrected chi connectivity index (χ1v) is 7.06. The molecule has 1 heterocycles. The molecular weight excluding hydrogens is 273 g/mol. The Labute approximate surface area is 123 Å². The second-order valence-corrected chi connectivity index (χ2v) is 5.34. The first-order chi connectivity index (χ1) is 10.0. The molecule has 2 rings (SSSR count). The van der Waals surface area contributed by atoms with E-state index >= 15 is 0 Å². The first kappa shape index (κ1) is 15.4. The van der Waals surface area contributed by atoms with Crippen molar-refractivity contribution in [1.82, 2.24) is 15.1 Å². The van der Waals surface area contributed by atoms with Crippen molar-refractivity contribution in [2.75, 3.05) is 13.7 Å². The Morgan fingerprint density at radius 3 is 2.57 bits per heavy atom. The number of hydrogen-bond donors (Lipinski definition) is 1. The molecule has 6 heteroatoms. The fraction of sp³-hybridized carbons (Fsp3) is 0.467. The number of nitrogens with zero attached hydrogens (tertiary/aromatic N) is 2. The quantitative estimate of drug-likeness (QED) is 0.816. The van der Waals surface area contributed by atoms with Crippen LogP contribution in [0.15, 0.2) is 24.3 Å². The fourth-order valence-corrected chi connectivity index (χ4v) is 2.39. The lowest BCUT2D eigenvalue weighted by molar-refractivity contribution is -0.129. The molecule has 0 aliphatic carbocycles. The van der Waals surface area contributed by atoms with Gasteiger partial charge < -0.3 is 5.32 Å². The maximum absolute atomic E-state index is 12.9. The number of benzene rings is 1. The van der Waals surface area contributed by atoms with Crippen LogP contribution >= 0.6 is 0 Å². The molecule has 0 aromatic heterocycles. The zero-order valence-corrected chi connectivity index (χ0v) is 12.3. The van der Waals surface area contributed by atoms with Crippen LogP contribution < -0.4 is 5.32 Å². The predicted molar refractivity (Wildman–Crippen MR) is 76.8 cm³/mol. The minimum absolute atomic E-state index is 0.173. The second kappa shape index (κ2) is 6.67. The number of carbonyl (C=O) groups is 2. The molecule has 114 valence electrons. The zero-order valence-electron chi connectivity index (χ0n) is 12.3. The summed E-state index contributed by atoms with van der Waals surface area (Å²) in [5, 5.41) is 2.69. The molecule has 1 saturated heterocycles. The lowest BCUT2D eigenvalue weighted by atomic mass is 10.2. The van der Waals surface area contributed by atoms with Gasteiger partial charge in [-0.1, -0.05) is 25.5 Å². The molecule has 3 amide bonds. The Kier molecular flexibility index (Phi) is 4.90. The molecule has 0 spiro atoms. The van der Waals surface area contributed by atoms with Crippen molar-refractivity contribution in [3.05, 3.63) is 35.6 Å². The summed E-state index contributed by atoms with van der Waals surface area (Å²) in [6, 6.07) is 5.43. The number of carbonyl (C=O) groups excluding carboxylic acids is 2. The van der Waals surface area contributed by atoms with Gasteiger partial charge in [0.2, 0.25) is 0 Å². The first-order valence-electron chi connectivity index (χ1n) is 7.06. The van der Waals surface area contributed by atoms with Crippen LogP contribution in [0.4, 0.5) is 9.18 Å². The maximum atomic E-state index is 12.9. The van der Waals surface area contributed by atoms with E-state index in [-0.39, 0.29) is 24.4 Å². The third kappa shape index (κ3) is 3.78. The summed E-state index contributed by atoms with van der Waals surface area (Å²) in [5.41, 5.74) is 0.927. The number of hydrogen-bond acceptors (Lipinski definition) is 3. The average Bonchev–Trinajstić information content (AvgIpc) is 2.70. The van der Waals surface area contributed by atoms with Gasteiger partial charge in [0.05, 0.1) is 6.67 Å². The number of halogens is 1. The molecule has 1 fully saturated rings. The molecule has 5 nitrogen and oxygen atoms in total. The average molecular weight is 293 g/mol. The molecule has 1 aromatic carbocycles. The summed E-state index contributed by atoms with van der Waals surface area (Å²) in [6.45, 7) is 2.74. The van der Waals surface area contributed by atoms with Crippen LogP contribution in [0.1, 0.15) is 25.3 Å². The molecule has 1 aliphatic rings. The van der Waals surface area contributed by atoms with Crippen LogP contribution in [-0.2, 0) is 11.3 Å². The third-order valence-corrected chi connectivity index (χ3v) is 3.43. The van der Waals surface area contributed by atoms with E-state index in [0.717, 1.165) is 12.0 Å². The Balaban J connectivity index is 1.93. The van der Waals surface area contributed by atoms with E-state index in [4.69, 9.17) is 0 Å². The molecule has 1 aliphatic heterocycles. The number of nitrogens with one attached hydrogen (secondary N) is 1. The Hall–Kier alpha value is -1.95. The standard InChI is InChI=1S/C15H20FN3O2/c1-3-4-13-14(20)19(15(21)17-13)10-18(2)9-11-5-7-12(16)8-6-11/h5-8,13H,3-4,9-10H2,1-2H3,(H,17,21)/t13-/m0/s1. The summed E-state index contributed by atoms with van der Waals surface area (Å²) < 4.78 is 12.9. The molecule has 1 aromatic rings. The highest BCUT2D eigenvalue weighted by atomic mass is 19.1. The minimum Gasteiger partial charge on any atom is -0.326 e. The van der Waals surface area contributed by atoms with Crippen molar-refractivity contribution in [2.45, 2.75) is 32.4 Å². The van der Waals surface area contributed by atoms with E-state index < -0.39 is 6.04 Å². The molecule has 21 heavy (non-hydrogen) atoms. The number of rotatable bonds is 6. The highest BCUT2D eigenvalue weighted by Crippen LogP contribution is 2.12. The van der Waals surface area contributed by atoms with E-state index in [2.05, 4.69) is 5.32 Å². The number of urea groups is 1. The van der Waals surface area contributed by atoms with Gasteiger partial charge in [0, 0.05) is 6.54 Å². The Bertz CT molecular complexity index is 518. The summed E-state index contributed by atoms with van der Waals surface area (Å²) in [7, 11) is 1.82. The van der Waals surface area contributed by atoms with E-state index in [0.29, 0.717) is 13.0 Å². The highest BCUT2D eigenvalue weighted by Gasteiger charge is 2.37. The zero-order chi connectivity index (χ0) is 15.4. The van der Waals surface area contributed by atoms with Crippen LogP contribution in [0.2, 0.25) is 0 Å². The Morgan fingerprint density at radius 2 is 1.95 bits per heavy atom. The van der Waals surface area contributed by atoms with Gasteiger partial charge in [-0.2, -0.15) is 0 Å². The molecule has 1 N–H and O–H groups in total. The normalized spacial score (nSPS) is 18.5. The Morgan fingerprint density at radius 1 is 1.29 bits per heavy atom. The minimum atomic E-state index is -0.401. The van der Waals surface area contributed by atoms with Crippen molar-refractivity contribution < 1.29 is 14.0 Å². The topological polar surface area (TPSA) is 52.7 Å². The molecule has 0 bridgehead atoms. The maximum Gasteiger partial charge on any atom is 0.325 e. The van der Waals surface area contributed by atoms with Gasteiger partial charge >= 0.3 is 6.03 Å². The third-order valence-electron chi connectivity index (χ3n) is 3.43. The molecule has 0 saturated carbocycles. The van der Waals surface area contributed by atoms with Crippen molar-refractivity contribution in [3.63, 3.8) is 0 Å². The molecule has 0 unspecified atom stereocenters.